The van der Waals surface area contributed by atoms with Crippen molar-refractivity contribution in [2.45, 2.75) is 45.2 Å². The highest BCUT2D eigenvalue weighted by Gasteiger charge is 2.15. The molecule has 0 spiro atoms. The van der Waals surface area contributed by atoms with E-state index in [0.717, 1.165) is 12.5 Å². The lowest BCUT2D eigenvalue weighted by molar-refractivity contribution is 0.228. The molecule has 18 heavy (non-hydrogen) atoms. The van der Waals surface area contributed by atoms with Gasteiger partial charge in [-0.15, -0.1) is 0 Å². The summed E-state index contributed by atoms with van der Waals surface area (Å²) in [7, 11) is 2.24. The van der Waals surface area contributed by atoms with Gasteiger partial charge in [-0.3, -0.25) is 0 Å². The molecule has 2 heteroatoms. The molecule has 0 bridgehead atoms. The van der Waals surface area contributed by atoms with E-state index in [0.29, 0.717) is 6.54 Å². The van der Waals surface area contributed by atoms with Gasteiger partial charge in [0.05, 0.1) is 0 Å². The highest BCUT2D eigenvalue weighted by atomic mass is 15.1. The molecule has 0 unspecified atom stereocenters. The molecular formula is C16H26N2. The molecule has 1 saturated carbocycles. The molecule has 0 aliphatic heterocycles. The fourth-order valence-electron chi connectivity index (χ4n) is 2.97. The van der Waals surface area contributed by atoms with E-state index < -0.39 is 0 Å². The number of rotatable bonds is 5. The third-order valence-electron chi connectivity index (χ3n) is 4.01. The van der Waals surface area contributed by atoms with Crippen LogP contribution in [0.4, 0.5) is 0 Å². The van der Waals surface area contributed by atoms with Crippen LogP contribution in [0.5, 0.6) is 0 Å². The van der Waals surface area contributed by atoms with E-state index >= 15 is 0 Å². The second-order valence-corrected chi connectivity index (χ2v) is 5.72. The quantitative estimate of drug-likeness (QED) is 0.864. The number of nitrogens with two attached hydrogens (primary N) is 1. The number of hydrogen-bond acceptors (Lipinski definition) is 2. The number of hydrogen-bond donors (Lipinski definition) is 1. The zero-order valence-corrected chi connectivity index (χ0v) is 11.6. The molecule has 1 aliphatic carbocycles. The molecule has 0 amide bonds. The summed E-state index contributed by atoms with van der Waals surface area (Å²) in [5.41, 5.74) is 8.22. The Labute approximate surface area is 111 Å². The molecular weight excluding hydrogens is 220 g/mol. The Morgan fingerprint density at radius 3 is 2.28 bits per heavy atom. The van der Waals surface area contributed by atoms with Crippen LogP contribution in [0.1, 0.15) is 43.2 Å². The van der Waals surface area contributed by atoms with E-state index in [1.165, 1.54) is 49.8 Å². The van der Waals surface area contributed by atoms with Crippen LogP contribution in [0.25, 0.3) is 0 Å². The smallest absolute Gasteiger partial charge is 0.0230 e. The number of nitrogens with zero attached hydrogens (tertiary/aromatic N) is 1. The van der Waals surface area contributed by atoms with Gasteiger partial charge >= 0.3 is 0 Å². The molecule has 2 rings (SSSR count). The second-order valence-electron chi connectivity index (χ2n) is 5.72. The Hall–Kier alpha value is -0.860. The Kier molecular flexibility index (Phi) is 5.21. The Morgan fingerprint density at radius 2 is 1.67 bits per heavy atom. The predicted octanol–water partition coefficient (Wildman–Crippen LogP) is 3.16. The molecule has 0 aromatic heterocycles. The fraction of sp³-hybridized carbons (Fsp3) is 0.625. The summed E-state index contributed by atoms with van der Waals surface area (Å²) in [4.78, 5) is 2.47. The maximum absolute atomic E-state index is 5.61. The van der Waals surface area contributed by atoms with Crippen molar-refractivity contribution in [1.82, 2.24) is 4.90 Å². The van der Waals surface area contributed by atoms with Crippen LogP contribution >= 0.6 is 0 Å². The standard InChI is InChI=1S/C16H26N2/c1-18(12-15-5-3-2-4-6-15)13-16-9-7-14(11-17)8-10-16/h7-10,15H,2-6,11-13,17H2,1H3. The summed E-state index contributed by atoms with van der Waals surface area (Å²) in [5.74, 6) is 0.923. The van der Waals surface area contributed by atoms with Gasteiger partial charge in [-0.05, 0) is 36.9 Å². The lowest BCUT2D eigenvalue weighted by Gasteiger charge is -2.27. The van der Waals surface area contributed by atoms with Gasteiger partial charge in [0.2, 0.25) is 0 Å². The molecule has 100 valence electrons. The SMILES string of the molecule is CN(Cc1ccc(CN)cc1)CC1CCCCC1. The van der Waals surface area contributed by atoms with Crippen molar-refractivity contribution in [3.8, 4) is 0 Å². The van der Waals surface area contributed by atoms with Crippen LogP contribution in [-0.2, 0) is 13.1 Å². The molecule has 1 aromatic carbocycles. The highest BCUT2D eigenvalue weighted by Crippen LogP contribution is 2.24. The van der Waals surface area contributed by atoms with Crippen molar-refractivity contribution < 1.29 is 0 Å². The second kappa shape index (κ2) is 6.91. The first-order chi connectivity index (χ1) is 8.78. The maximum atomic E-state index is 5.61. The van der Waals surface area contributed by atoms with Gasteiger partial charge < -0.3 is 10.6 Å². The van der Waals surface area contributed by atoms with Crippen LogP contribution in [0.3, 0.4) is 0 Å². The minimum Gasteiger partial charge on any atom is -0.326 e. The third kappa shape index (κ3) is 4.11. The van der Waals surface area contributed by atoms with Crippen molar-refractivity contribution >= 4 is 0 Å². The average Bonchev–Trinajstić information content (AvgIpc) is 2.40. The zero-order valence-electron chi connectivity index (χ0n) is 11.6. The van der Waals surface area contributed by atoms with E-state index in [-0.39, 0.29) is 0 Å². The minimum atomic E-state index is 0.637. The van der Waals surface area contributed by atoms with E-state index in [4.69, 9.17) is 5.73 Å². The highest BCUT2D eigenvalue weighted by molar-refractivity contribution is 5.22. The normalized spacial score (nSPS) is 17.3. The minimum absolute atomic E-state index is 0.637. The van der Waals surface area contributed by atoms with Crippen molar-refractivity contribution in [1.29, 1.82) is 0 Å². The van der Waals surface area contributed by atoms with Gasteiger partial charge in [0.1, 0.15) is 0 Å². The summed E-state index contributed by atoms with van der Waals surface area (Å²) in [6.45, 7) is 2.94. The lowest BCUT2D eigenvalue weighted by Crippen LogP contribution is -2.26. The molecule has 2 nitrogen and oxygen atoms in total. The summed E-state index contributed by atoms with van der Waals surface area (Å²) >= 11 is 0. The van der Waals surface area contributed by atoms with Gasteiger partial charge in [-0.25, -0.2) is 0 Å². The van der Waals surface area contributed by atoms with E-state index in [1.807, 2.05) is 0 Å². The first-order valence-electron chi connectivity index (χ1n) is 7.24. The Morgan fingerprint density at radius 1 is 1.06 bits per heavy atom. The monoisotopic (exact) mass is 246 g/mol. The van der Waals surface area contributed by atoms with Crippen molar-refractivity contribution in [2.75, 3.05) is 13.6 Å². The summed E-state index contributed by atoms with van der Waals surface area (Å²) < 4.78 is 0. The summed E-state index contributed by atoms with van der Waals surface area (Å²) in [5, 5.41) is 0. The topological polar surface area (TPSA) is 29.3 Å². The van der Waals surface area contributed by atoms with Crippen molar-refractivity contribution in [3.05, 3.63) is 35.4 Å². The van der Waals surface area contributed by atoms with Crippen molar-refractivity contribution in [3.63, 3.8) is 0 Å². The lowest BCUT2D eigenvalue weighted by atomic mass is 9.89. The molecule has 1 aromatic rings. The Bertz CT molecular complexity index is 339. The van der Waals surface area contributed by atoms with Gasteiger partial charge in [0, 0.05) is 19.6 Å². The molecule has 1 fully saturated rings. The summed E-state index contributed by atoms with van der Waals surface area (Å²) in [6, 6.07) is 8.70. The molecule has 0 radical (unpaired) electrons. The first-order valence-corrected chi connectivity index (χ1v) is 7.24. The van der Waals surface area contributed by atoms with E-state index in [1.54, 1.807) is 0 Å². The Balaban J connectivity index is 1.80. The van der Waals surface area contributed by atoms with Gasteiger partial charge in [0.15, 0.2) is 0 Å². The number of benzene rings is 1. The molecule has 0 heterocycles. The van der Waals surface area contributed by atoms with Crippen LogP contribution < -0.4 is 5.73 Å². The predicted molar refractivity (Wildman–Crippen MR) is 77.2 cm³/mol. The fourth-order valence-corrected chi connectivity index (χ4v) is 2.97. The van der Waals surface area contributed by atoms with Gasteiger partial charge in [-0.1, -0.05) is 43.5 Å². The van der Waals surface area contributed by atoms with Gasteiger partial charge in [0.25, 0.3) is 0 Å². The van der Waals surface area contributed by atoms with Gasteiger partial charge in [-0.2, -0.15) is 0 Å². The molecule has 1 aliphatic rings. The van der Waals surface area contributed by atoms with E-state index in [9.17, 15) is 0 Å². The zero-order chi connectivity index (χ0) is 12.8. The van der Waals surface area contributed by atoms with Crippen LogP contribution in [-0.4, -0.2) is 18.5 Å². The van der Waals surface area contributed by atoms with E-state index in [2.05, 4.69) is 36.2 Å². The third-order valence-corrected chi connectivity index (χ3v) is 4.01. The van der Waals surface area contributed by atoms with Crippen molar-refractivity contribution in [2.24, 2.45) is 11.7 Å². The molecule has 0 saturated heterocycles. The average molecular weight is 246 g/mol. The van der Waals surface area contributed by atoms with Crippen LogP contribution in [0, 0.1) is 5.92 Å². The van der Waals surface area contributed by atoms with Crippen LogP contribution in [0.2, 0.25) is 0 Å². The maximum Gasteiger partial charge on any atom is 0.0230 e. The summed E-state index contributed by atoms with van der Waals surface area (Å²) in [6.07, 6.45) is 7.17. The first kappa shape index (κ1) is 13.6. The van der Waals surface area contributed by atoms with Crippen LogP contribution in [0.15, 0.2) is 24.3 Å². The molecule has 2 N–H and O–H groups in total. The molecule has 0 atom stereocenters. The largest absolute Gasteiger partial charge is 0.326 e.